The molecule has 0 aromatic carbocycles. The van der Waals surface area contributed by atoms with E-state index >= 15 is 0 Å². The number of rotatable bonds is 4. The van der Waals surface area contributed by atoms with Crippen LogP contribution in [0.25, 0.3) is 0 Å². The number of nitrogens with one attached hydrogen (secondary N) is 1. The van der Waals surface area contributed by atoms with Gasteiger partial charge in [-0.1, -0.05) is 0 Å². The fourth-order valence-electron chi connectivity index (χ4n) is 3.58. The maximum atomic E-state index is 5.91. The molecule has 1 fully saturated rings. The van der Waals surface area contributed by atoms with E-state index in [1.165, 1.54) is 0 Å². The van der Waals surface area contributed by atoms with Crippen LogP contribution in [0.4, 0.5) is 0 Å². The maximum Gasteiger partial charge on any atom is -1.00 e. The summed E-state index contributed by atoms with van der Waals surface area (Å²) in [5.41, 5.74) is 0. The molecule has 12 heteroatoms. The number of methoxy groups -OCH3 is 4. The van der Waals surface area contributed by atoms with Crippen molar-refractivity contribution in [3.8, 4) is 0 Å². The average Bonchev–Trinajstić information content (AvgIpc) is 2.70. The van der Waals surface area contributed by atoms with Crippen LogP contribution in [0.1, 0.15) is 25.7 Å². The molecule has 0 spiro atoms. The third-order valence-corrected chi connectivity index (χ3v) is 7.09. The van der Waals surface area contributed by atoms with Gasteiger partial charge in [0, 0.05) is 0 Å². The summed E-state index contributed by atoms with van der Waals surface area (Å²) >= 11 is 2.15. The van der Waals surface area contributed by atoms with Gasteiger partial charge in [0.25, 0.3) is 0 Å². The van der Waals surface area contributed by atoms with E-state index in [2.05, 4.69) is 61.6 Å². The Bertz CT molecular complexity index is 438. The molecule has 31 heavy (non-hydrogen) atoms. The zero-order valence-corrected chi connectivity index (χ0v) is 23.8. The zero-order valence-electron chi connectivity index (χ0n) is 20.0. The SMILES string of the molecule is COC1CCN(C)C(OC)CCN(C)[C]([Ti+3])(OC)CCN(C)C(OC)CCN1.[Cl-].[Cl-].[Cl-]. The second-order valence-corrected chi connectivity index (χ2v) is 8.77. The van der Waals surface area contributed by atoms with Crippen LogP contribution >= 0.6 is 0 Å². The first-order valence-electron chi connectivity index (χ1n) is 10.0. The van der Waals surface area contributed by atoms with E-state index in [-0.39, 0.29) is 59.9 Å². The van der Waals surface area contributed by atoms with E-state index in [1.807, 2.05) is 0 Å². The van der Waals surface area contributed by atoms with Crippen LogP contribution in [0, 0.1) is 0 Å². The monoisotopic (exact) mass is 542 g/mol. The van der Waals surface area contributed by atoms with Gasteiger partial charge in [-0.15, -0.1) is 0 Å². The molecule has 0 aromatic heterocycles. The van der Waals surface area contributed by atoms with Crippen LogP contribution in [0.5, 0.6) is 0 Å². The third kappa shape index (κ3) is 12.5. The normalized spacial score (nSPS) is 31.2. The van der Waals surface area contributed by atoms with Gasteiger partial charge in [0.15, 0.2) is 0 Å². The Morgan fingerprint density at radius 3 is 1.84 bits per heavy atom. The van der Waals surface area contributed by atoms with Crippen molar-refractivity contribution in [2.45, 2.75) is 48.4 Å². The molecule has 0 radical (unpaired) electrons. The summed E-state index contributed by atoms with van der Waals surface area (Å²) < 4.78 is 22.7. The molecule has 186 valence electrons. The molecule has 1 saturated heterocycles. The summed E-state index contributed by atoms with van der Waals surface area (Å²) in [5.74, 6) is 0. The van der Waals surface area contributed by atoms with Crippen molar-refractivity contribution in [2.24, 2.45) is 0 Å². The topological polar surface area (TPSA) is 58.7 Å². The number of halogens is 3. The molecule has 1 heterocycles. The standard InChI is InChI=1S/C19H41N4O4.3ClH.Ti/c1-21-13-9-16(24-4)20-12-8-17(25-5)22(2)14-10-19(27-7)23(3)15-11-18(21)26-6;;;;/h16-18,20H,8-15H2,1-7H3;3*1H;/q;;;;+3/p-3. The number of hydrogen-bond donors (Lipinski definition) is 1. The summed E-state index contributed by atoms with van der Waals surface area (Å²) in [6.45, 7) is 3.49. The molecule has 1 aliphatic heterocycles. The minimum absolute atomic E-state index is 0. The Kier molecular flexibility index (Phi) is 23.2. The predicted molar refractivity (Wildman–Crippen MR) is 106 cm³/mol. The number of ether oxygens (including phenoxy) is 4. The molecule has 0 bridgehead atoms. The second-order valence-electron chi connectivity index (χ2n) is 7.55. The van der Waals surface area contributed by atoms with Crippen LogP contribution in [-0.4, -0.2) is 113 Å². The van der Waals surface area contributed by atoms with Gasteiger partial charge in [0.2, 0.25) is 0 Å². The summed E-state index contributed by atoms with van der Waals surface area (Å²) in [5, 5.41) is 3.49. The molecule has 1 rings (SSSR count). The van der Waals surface area contributed by atoms with Gasteiger partial charge in [0.1, 0.15) is 0 Å². The minimum Gasteiger partial charge on any atom is -1.00 e. The van der Waals surface area contributed by atoms with E-state index in [0.29, 0.717) is 0 Å². The van der Waals surface area contributed by atoms with Gasteiger partial charge >= 0.3 is 184 Å². The quantitative estimate of drug-likeness (QED) is 0.351. The Morgan fingerprint density at radius 2 is 1.32 bits per heavy atom. The van der Waals surface area contributed by atoms with Crippen molar-refractivity contribution in [2.75, 3.05) is 75.8 Å². The van der Waals surface area contributed by atoms with Crippen molar-refractivity contribution in [1.82, 2.24) is 20.0 Å². The van der Waals surface area contributed by atoms with Crippen LogP contribution in [0.15, 0.2) is 0 Å². The second kappa shape index (κ2) is 19.6. The van der Waals surface area contributed by atoms with Gasteiger partial charge in [-0.2, -0.15) is 0 Å². The molecule has 0 amide bonds. The van der Waals surface area contributed by atoms with Crippen LogP contribution < -0.4 is 42.5 Å². The maximum absolute atomic E-state index is 5.91. The van der Waals surface area contributed by atoms with E-state index in [0.717, 1.165) is 51.9 Å². The molecule has 0 aliphatic carbocycles. The van der Waals surface area contributed by atoms with Crippen molar-refractivity contribution in [3.63, 3.8) is 0 Å². The molecule has 0 saturated carbocycles. The summed E-state index contributed by atoms with van der Waals surface area (Å²) in [7, 11) is 13.4. The first-order valence-corrected chi connectivity index (χ1v) is 10.8. The summed E-state index contributed by atoms with van der Waals surface area (Å²) in [4.78, 5) is 6.80. The van der Waals surface area contributed by atoms with E-state index in [1.54, 1.807) is 28.4 Å². The van der Waals surface area contributed by atoms with Crippen molar-refractivity contribution < 1.29 is 76.6 Å². The van der Waals surface area contributed by atoms with Crippen LogP contribution in [0.2, 0.25) is 0 Å². The van der Waals surface area contributed by atoms with Crippen LogP contribution in [-0.2, 0) is 39.4 Å². The smallest absolute Gasteiger partial charge is 1.00 e. The van der Waals surface area contributed by atoms with Gasteiger partial charge in [-0.25, -0.2) is 0 Å². The van der Waals surface area contributed by atoms with Gasteiger partial charge < -0.3 is 37.2 Å². The predicted octanol–water partition coefficient (Wildman–Crippen LogP) is -8.28. The molecule has 4 atom stereocenters. The molecule has 8 nitrogen and oxygen atoms in total. The molecular formula is C19H41Cl3N4O4Ti. The van der Waals surface area contributed by atoms with Crippen molar-refractivity contribution in [3.05, 3.63) is 0 Å². The van der Waals surface area contributed by atoms with Crippen molar-refractivity contribution in [1.29, 1.82) is 0 Å². The van der Waals surface area contributed by atoms with Gasteiger partial charge in [-0.3, -0.25) is 0 Å². The molecule has 4 unspecified atom stereocenters. The van der Waals surface area contributed by atoms with E-state index in [9.17, 15) is 0 Å². The van der Waals surface area contributed by atoms with E-state index in [4.69, 9.17) is 18.9 Å². The van der Waals surface area contributed by atoms with Gasteiger partial charge in [-0.05, 0) is 0 Å². The average molecular weight is 544 g/mol. The van der Waals surface area contributed by atoms with Crippen LogP contribution in [0.3, 0.4) is 0 Å². The molecule has 0 aromatic rings. The first-order chi connectivity index (χ1) is 13.3. The largest absolute Gasteiger partial charge is 1.00 e. The Labute approximate surface area is 220 Å². The minimum atomic E-state index is -0.333. The summed E-state index contributed by atoms with van der Waals surface area (Å²) in [6, 6.07) is 0. The fraction of sp³-hybridized carbons (Fsp3) is 1.00. The molecule has 1 N–H and O–H groups in total. The fourth-order valence-corrected chi connectivity index (χ4v) is 3.93. The number of nitrogens with zero attached hydrogens (tertiary/aromatic N) is 3. The van der Waals surface area contributed by atoms with E-state index < -0.39 is 0 Å². The Balaban J connectivity index is -0.00000261. The Hall–Kier alpha value is 1.26. The third-order valence-electron chi connectivity index (χ3n) is 5.79. The van der Waals surface area contributed by atoms with Crippen molar-refractivity contribution >= 4 is 0 Å². The zero-order chi connectivity index (χ0) is 21.2. The molecule has 1 aliphatic rings. The van der Waals surface area contributed by atoms with Gasteiger partial charge in [0.05, 0.1) is 0 Å². The Morgan fingerprint density at radius 1 is 0.774 bits per heavy atom. The first kappa shape index (κ1) is 36.8. The molecular weight excluding hydrogens is 502 g/mol. The summed E-state index contributed by atoms with van der Waals surface area (Å²) in [6.07, 6.45) is 3.73. The number of hydrogen-bond acceptors (Lipinski definition) is 8.